The molecule has 2 aromatic carbocycles. The molecule has 2 rings (SSSR count). The highest BCUT2D eigenvalue weighted by atomic mass is 32.2. The van der Waals surface area contributed by atoms with Gasteiger partial charge in [-0.05, 0) is 65.8 Å². The number of hydrogen-bond acceptors (Lipinski definition) is 6. The van der Waals surface area contributed by atoms with Crippen molar-refractivity contribution in [1.82, 2.24) is 0 Å². The number of ether oxygens (including phenoxy) is 1. The summed E-state index contributed by atoms with van der Waals surface area (Å²) < 4.78 is 64.4. The Morgan fingerprint density at radius 1 is 1.15 bits per heavy atom. The first-order valence-electron chi connectivity index (χ1n) is 7.54. The molecule has 0 heterocycles. The third-order valence-corrected chi connectivity index (χ3v) is 4.95. The van der Waals surface area contributed by atoms with Gasteiger partial charge in [-0.1, -0.05) is 12.1 Å². The van der Waals surface area contributed by atoms with Gasteiger partial charge in [0.2, 0.25) is 5.44 Å². The first kappa shape index (κ1) is 20.4. The van der Waals surface area contributed by atoms with E-state index in [0.717, 1.165) is 5.56 Å². The molecule has 0 bridgehead atoms. The average Bonchev–Trinajstić information content (AvgIpc) is 2.55. The van der Waals surface area contributed by atoms with Crippen molar-refractivity contribution in [3.8, 4) is 11.5 Å². The molecule has 2 atom stereocenters. The molecule has 2 unspecified atom stereocenters. The second kappa shape index (κ2) is 9.16. The van der Waals surface area contributed by atoms with Crippen molar-refractivity contribution in [3.63, 3.8) is 0 Å². The lowest BCUT2D eigenvalue weighted by molar-refractivity contribution is -0.187. The van der Waals surface area contributed by atoms with E-state index < -0.39 is 23.8 Å². The monoisotopic (exact) mass is 402 g/mol. The molecule has 0 spiro atoms. The second-order valence-electron chi connectivity index (χ2n) is 5.37. The van der Waals surface area contributed by atoms with Crippen LogP contribution in [0.15, 0.2) is 48.5 Å². The van der Waals surface area contributed by atoms with Crippen LogP contribution in [-0.2, 0) is 25.6 Å². The van der Waals surface area contributed by atoms with E-state index in [1.165, 1.54) is 24.3 Å². The van der Waals surface area contributed by atoms with Gasteiger partial charge in [0.1, 0.15) is 17.3 Å². The SMILES string of the molecule is O=[P+]([O-])OC(CCCc1cccc(Oc2ccc(F)cc2)c1)S(=O)(=O)O. The number of hydrogen-bond donors (Lipinski definition) is 1. The topological polar surface area (TPSA) is 113 Å². The van der Waals surface area contributed by atoms with Crippen LogP contribution < -0.4 is 9.63 Å². The van der Waals surface area contributed by atoms with Crippen molar-refractivity contribution in [3.05, 3.63) is 59.9 Å². The lowest BCUT2D eigenvalue weighted by atomic mass is 10.1. The van der Waals surface area contributed by atoms with Crippen LogP contribution in [0.1, 0.15) is 18.4 Å². The van der Waals surface area contributed by atoms with E-state index in [0.29, 0.717) is 17.9 Å². The third-order valence-electron chi connectivity index (χ3n) is 3.39. The Kier molecular flexibility index (Phi) is 7.19. The van der Waals surface area contributed by atoms with E-state index in [1.807, 2.05) is 0 Å². The summed E-state index contributed by atoms with van der Waals surface area (Å²) in [5, 5.41) is 0. The molecule has 0 amide bonds. The smallest absolute Gasteiger partial charge is 0.489 e. The summed E-state index contributed by atoms with van der Waals surface area (Å²) in [5.41, 5.74) is -1.01. The highest BCUT2D eigenvalue weighted by Crippen LogP contribution is 2.25. The van der Waals surface area contributed by atoms with Gasteiger partial charge in [0.15, 0.2) is 0 Å². The van der Waals surface area contributed by atoms with E-state index in [9.17, 15) is 22.3 Å². The van der Waals surface area contributed by atoms with Gasteiger partial charge in [-0.15, -0.1) is 4.52 Å². The van der Waals surface area contributed by atoms with Crippen molar-refractivity contribution < 1.29 is 36.1 Å². The van der Waals surface area contributed by atoms with Crippen molar-refractivity contribution >= 4 is 18.4 Å². The lowest BCUT2D eigenvalue weighted by Crippen LogP contribution is -2.22. The third kappa shape index (κ3) is 6.78. The number of aryl methyl sites for hydroxylation is 1. The first-order valence-corrected chi connectivity index (χ1v) is 10.1. The Hall–Kier alpha value is -1.90. The van der Waals surface area contributed by atoms with Crippen LogP contribution in [0.3, 0.4) is 0 Å². The van der Waals surface area contributed by atoms with Crippen LogP contribution in [0.2, 0.25) is 0 Å². The minimum absolute atomic E-state index is 0.189. The van der Waals surface area contributed by atoms with Crippen LogP contribution in [0.4, 0.5) is 4.39 Å². The van der Waals surface area contributed by atoms with Crippen molar-refractivity contribution in [2.75, 3.05) is 0 Å². The summed E-state index contributed by atoms with van der Waals surface area (Å²) in [6.45, 7) is 0. The normalized spacial score (nSPS) is 13.3. The van der Waals surface area contributed by atoms with E-state index in [1.54, 1.807) is 24.3 Å². The van der Waals surface area contributed by atoms with Crippen molar-refractivity contribution in [2.24, 2.45) is 0 Å². The molecule has 26 heavy (non-hydrogen) atoms. The predicted octanol–water partition coefficient (Wildman–Crippen LogP) is 3.19. The number of rotatable bonds is 9. The molecule has 0 saturated heterocycles. The second-order valence-corrected chi connectivity index (χ2v) is 7.58. The molecular formula is C16H16FO7PS. The average molecular weight is 402 g/mol. The molecule has 0 saturated carbocycles. The highest BCUT2D eigenvalue weighted by Gasteiger charge is 2.29. The molecule has 1 N–H and O–H groups in total. The highest BCUT2D eigenvalue weighted by molar-refractivity contribution is 7.86. The summed E-state index contributed by atoms with van der Waals surface area (Å²) in [6.07, 6.45) is 0.477. The minimum atomic E-state index is -4.63. The molecule has 10 heteroatoms. The quantitative estimate of drug-likeness (QED) is 0.506. The maximum Gasteiger partial charge on any atom is 0.489 e. The molecule has 0 fully saturated rings. The number of halogens is 1. The van der Waals surface area contributed by atoms with E-state index in [2.05, 4.69) is 4.52 Å². The van der Waals surface area contributed by atoms with E-state index in [4.69, 9.17) is 9.29 Å². The molecular weight excluding hydrogens is 386 g/mol. The van der Waals surface area contributed by atoms with Gasteiger partial charge in [0.05, 0.1) is 0 Å². The zero-order chi connectivity index (χ0) is 19.2. The van der Waals surface area contributed by atoms with Gasteiger partial charge in [0.25, 0.3) is 10.1 Å². The van der Waals surface area contributed by atoms with Crippen LogP contribution in [0.5, 0.6) is 11.5 Å². The van der Waals surface area contributed by atoms with Gasteiger partial charge in [0, 0.05) is 0 Å². The predicted molar refractivity (Wildman–Crippen MR) is 89.9 cm³/mol. The largest absolute Gasteiger partial charge is 0.566 e. The lowest BCUT2D eigenvalue weighted by Gasteiger charge is -2.10. The summed E-state index contributed by atoms with van der Waals surface area (Å²) in [7, 11) is -8.02. The van der Waals surface area contributed by atoms with Crippen LogP contribution >= 0.6 is 8.25 Å². The molecule has 7 nitrogen and oxygen atoms in total. The van der Waals surface area contributed by atoms with E-state index in [-0.39, 0.29) is 18.7 Å². The molecule has 140 valence electrons. The molecule has 0 aliphatic carbocycles. The van der Waals surface area contributed by atoms with Crippen LogP contribution in [-0.4, -0.2) is 18.4 Å². The fourth-order valence-corrected chi connectivity index (χ4v) is 3.64. The summed E-state index contributed by atoms with van der Waals surface area (Å²) >= 11 is 0. The Balaban J connectivity index is 1.95. The first-order chi connectivity index (χ1) is 12.2. The van der Waals surface area contributed by atoms with Crippen LogP contribution in [0.25, 0.3) is 0 Å². The molecule has 0 aliphatic heterocycles. The Morgan fingerprint density at radius 3 is 2.46 bits per heavy atom. The van der Waals surface area contributed by atoms with Gasteiger partial charge >= 0.3 is 8.25 Å². The summed E-state index contributed by atoms with van der Waals surface area (Å²) in [4.78, 5) is 10.5. The molecule has 0 aromatic heterocycles. The minimum Gasteiger partial charge on any atom is -0.566 e. The summed E-state index contributed by atoms with van der Waals surface area (Å²) in [5.74, 6) is 0.600. The van der Waals surface area contributed by atoms with Gasteiger partial charge < -0.3 is 9.63 Å². The van der Waals surface area contributed by atoms with Gasteiger partial charge in [-0.25, -0.2) is 4.39 Å². The summed E-state index contributed by atoms with van der Waals surface area (Å²) in [6, 6.07) is 12.5. The Bertz CT molecular complexity index is 855. The zero-order valence-electron chi connectivity index (χ0n) is 13.4. The zero-order valence-corrected chi connectivity index (χ0v) is 15.2. The fraction of sp³-hybridized carbons (Fsp3) is 0.250. The molecule has 0 aliphatic rings. The van der Waals surface area contributed by atoms with Gasteiger partial charge in [-0.3, -0.25) is 4.55 Å². The fourth-order valence-electron chi connectivity index (χ4n) is 2.23. The standard InChI is InChI=1S/C16H16FO7PS/c17-13-7-9-14(10-8-13)23-15-5-1-3-12(11-15)4-2-6-16(24-25(18)19)26(20,21)22/h1,3,5,7-11,16H,2,4,6H2,(H,20,21,22). The maximum atomic E-state index is 12.9. The van der Waals surface area contributed by atoms with Crippen molar-refractivity contribution in [2.45, 2.75) is 24.7 Å². The van der Waals surface area contributed by atoms with Crippen molar-refractivity contribution in [1.29, 1.82) is 0 Å². The molecule has 0 radical (unpaired) electrons. The Morgan fingerprint density at radius 2 is 1.85 bits per heavy atom. The van der Waals surface area contributed by atoms with Crippen LogP contribution in [0, 0.1) is 5.82 Å². The Labute approximate surface area is 151 Å². The molecule has 2 aromatic rings. The van der Waals surface area contributed by atoms with Gasteiger partial charge in [-0.2, -0.15) is 8.42 Å². The number of benzene rings is 2. The van der Waals surface area contributed by atoms with E-state index >= 15 is 0 Å². The maximum absolute atomic E-state index is 12.9.